The number of carbonyl (C=O) groups is 2. The number of ketones is 1. The van der Waals surface area contributed by atoms with Crippen LogP contribution in [0.5, 0.6) is 0 Å². The molecule has 1 rings (SSSR count). The van der Waals surface area contributed by atoms with Crippen molar-refractivity contribution in [1.29, 1.82) is 0 Å². The Bertz CT molecular complexity index is 1110. The summed E-state index contributed by atoms with van der Waals surface area (Å²) in [5.41, 5.74) is 0. The van der Waals surface area contributed by atoms with Gasteiger partial charge in [-0.1, -0.05) is 109 Å². The SMILES string of the molecule is CCCCCCCCCCC/C=C/[C@@H](O)[C@H](COP(=O)(O)OCC[N+](C)(C)C)NC(=O)CCCCC(=O)C[C@@H]1[C@@H](/C=C/[C@@H](O)CCCCC)[C@H](O)C[C@@H]1O. The standard InChI is InChI=1S/C41H77N2O10P/c1-6-8-10-11-12-13-14-15-16-17-19-24-38(46)37(32-53-54(50,51)52-29-28-43(3,4)5)42-41(49)25-21-20-23-34(45)30-36-35(39(47)31-40(36)48)27-26-33(44)22-18-9-7-2/h19,24,26-27,33,35-40,44,46-48H,6-18,20-23,25,28-32H2,1-5H3,(H-,42,49,50,51)/p+1/b24-19+,27-26+/t33-,35+,36+,37-,38+,39+,40-/m0/s1. The van der Waals surface area contributed by atoms with Crippen LogP contribution in [0, 0.1) is 11.8 Å². The van der Waals surface area contributed by atoms with Gasteiger partial charge in [-0.05, 0) is 32.1 Å². The Kier molecular flexibility index (Phi) is 27.0. The number of hydrogen-bond acceptors (Lipinski definition) is 9. The average Bonchev–Trinajstić information content (AvgIpc) is 3.36. The number of hydrogen-bond donors (Lipinski definition) is 6. The highest BCUT2D eigenvalue weighted by molar-refractivity contribution is 7.47. The quantitative estimate of drug-likeness (QED) is 0.0185. The third-order valence-corrected chi connectivity index (χ3v) is 11.1. The summed E-state index contributed by atoms with van der Waals surface area (Å²) in [7, 11) is 1.34. The largest absolute Gasteiger partial charge is 0.472 e. The van der Waals surface area contributed by atoms with Gasteiger partial charge in [-0.25, -0.2) is 4.57 Å². The topological polar surface area (TPSA) is 183 Å². The Labute approximate surface area is 327 Å². The number of likely N-dealkylation sites (N-methyl/N-ethyl adjacent to an activating group) is 1. The number of quaternary nitrogens is 1. The van der Waals surface area contributed by atoms with Crippen LogP contribution in [0.3, 0.4) is 0 Å². The maximum absolute atomic E-state index is 12.9. The van der Waals surface area contributed by atoms with Crippen molar-refractivity contribution >= 4 is 19.5 Å². The third-order valence-electron chi connectivity index (χ3n) is 10.1. The van der Waals surface area contributed by atoms with Crippen LogP contribution in [0.25, 0.3) is 0 Å². The van der Waals surface area contributed by atoms with Crippen LogP contribution in [0.15, 0.2) is 24.3 Å². The molecule has 1 aliphatic carbocycles. The fourth-order valence-corrected chi connectivity index (χ4v) is 7.42. The lowest BCUT2D eigenvalue weighted by atomic mass is 9.87. The van der Waals surface area contributed by atoms with E-state index in [9.17, 15) is 39.5 Å². The molecule has 0 heterocycles. The number of aliphatic hydroxyl groups excluding tert-OH is 4. The first-order valence-corrected chi connectivity index (χ1v) is 22.4. The maximum Gasteiger partial charge on any atom is 0.472 e. The second-order valence-corrected chi connectivity index (χ2v) is 17.8. The molecule has 0 radical (unpaired) electrons. The van der Waals surface area contributed by atoms with Crippen LogP contribution in [0.1, 0.15) is 142 Å². The van der Waals surface area contributed by atoms with Crippen molar-refractivity contribution in [1.82, 2.24) is 5.32 Å². The van der Waals surface area contributed by atoms with Gasteiger partial charge in [0, 0.05) is 37.5 Å². The van der Waals surface area contributed by atoms with E-state index >= 15 is 0 Å². The Morgan fingerprint density at radius 3 is 2.09 bits per heavy atom. The van der Waals surface area contributed by atoms with E-state index in [0.717, 1.165) is 38.5 Å². The number of Topliss-reactive ketones (excluding diaryl/α,β-unsaturated/α-hetero) is 1. The maximum atomic E-state index is 12.9. The van der Waals surface area contributed by atoms with Crippen molar-refractivity contribution in [2.24, 2.45) is 11.8 Å². The molecule has 1 aliphatic rings. The molecule has 6 N–H and O–H groups in total. The molecule has 0 spiro atoms. The minimum atomic E-state index is -4.43. The second-order valence-electron chi connectivity index (χ2n) is 16.3. The molecule has 316 valence electrons. The summed E-state index contributed by atoms with van der Waals surface area (Å²) in [5, 5.41) is 45.0. The van der Waals surface area contributed by atoms with Gasteiger partial charge in [-0.2, -0.15) is 0 Å². The Balaban J connectivity index is 2.64. The van der Waals surface area contributed by atoms with E-state index in [-0.39, 0.29) is 38.1 Å². The number of amides is 1. The van der Waals surface area contributed by atoms with Gasteiger partial charge in [0.05, 0.1) is 58.2 Å². The van der Waals surface area contributed by atoms with Crippen molar-refractivity contribution in [3.63, 3.8) is 0 Å². The number of nitrogens with zero attached hydrogens (tertiary/aromatic N) is 1. The number of unbranched alkanes of at least 4 members (excludes halogenated alkanes) is 12. The molecule has 54 heavy (non-hydrogen) atoms. The Hall–Kier alpha value is -1.47. The fourth-order valence-electron chi connectivity index (χ4n) is 6.68. The van der Waals surface area contributed by atoms with E-state index in [0.29, 0.717) is 30.3 Å². The monoisotopic (exact) mass is 790 g/mol. The van der Waals surface area contributed by atoms with E-state index in [2.05, 4.69) is 19.2 Å². The smallest absolute Gasteiger partial charge is 0.393 e. The van der Waals surface area contributed by atoms with Gasteiger partial charge in [-0.15, -0.1) is 0 Å². The Morgan fingerprint density at radius 1 is 0.833 bits per heavy atom. The number of allylic oxidation sites excluding steroid dienone is 1. The van der Waals surface area contributed by atoms with Gasteiger partial charge in [-0.3, -0.25) is 18.6 Å². The zero-order valence-corrected chi connectivity index (χ0v) is 35.2. The van der Waals surface area contributed by atoms with Gasteiger partial charge < -0.3 is 35.1 Å². The van der Waals surface area contributed by atoms with Crippen molar-refractivity contribution < 1.29 is 53.0 Å². The zero-order chi connectivity index (χ0) is 40.4. The van der Waals surface area contributed by atoms with Gasteiger partial charge in [0.2, 0.25) is 5.91 Å². The highest BCUT2D eigenvalue weighted by Crippen LogP contribution is 2.43. The van der Waals surface area contributed by atoms with E-state index in [4.69, 9.17) is 9.05 Å². The van der Waals surface area contributed by atoms with Crippen LogP contribution in [-0.2, 0) is 23.2 Å². The van der Waals surface area contributed by atoms with Crippen LogP contribution >= 0.6 is 7.82 Å². The van der Waals surface area contributed by atoms with E-state index in [1.807, 2.05) is 27.2 Å². The van der Waals surface area contributed by atoms with Crippen LogP contribution in [0.2, 0.25) is 0 Å². The van der Waals surface area contributed by atoms with Gasteiger partial charge >= 0.3 is 7.82 Å². The van der Waals surface area contributed by atoms with Gasteiger partial charge in [0.25, 0.3) is 0 Å². The van der Waals surface area contributed by atoms with Crippen molar-refractivity contribution in [2.75, 3.05) is 40.9 Å². The van der Waals surface area contributed by atoms with Crippen LogP contribution in [-0.4, -0.2) is 113 Å². The molecule has 1 unspecified atom stereocenters. The molecule has 1 saturated carbocycles. The summed E-state index contributed by atoms with van der Waals surface area (Å²) in [6, 6.07) is -0.994. The molecular weight excluding hydrogens is 711 g/mol. The molecule has 1 fully saturated rings. The molecule has 0 aromatic rings. The third kappa shape index (κ3) is 24.9. The molecule has 8 atom stereocenters. The van der Waals surface area contributed by atoms with Crippen LogP contribution < -0.4 is 5.32 Å². The zero-order valence-electron chi connectivity index (χ0n) is 34.3. The van der Waals surface area contributed by atoms with E-state index in [1.165, 1.54) is 44.9 Å². The van der Waals surface area contributed by atoms with E-state index < -0.39 is 62.6 Å². The molecule has 0 saturated heterocycles. The highest BCUT2D eigenvalue weighted by atomic mass is 31.2. The van der Waals surface area contributed by atoms with Crippen LogP contribution in [0.4, 0.5) is 0 Å². The number of phosphoric acid groups is 1. The summed E-state index contributed by atoms with van der Waals surface area (Å²) >= 11 is 0. The fraction of sp³-hybridized carbons (Fsp3) is 0.854. The number of nitrogens with one attached hydrogen (secondary N) is 1. The Morgan fingerprint density at radius 2 is 1.44 bits per heavy atom. The molecule has 12 nitrogen and oxygen atoms in total. The molecule has 0 bridgehead atoms. The van der Waals surface area contributed by atoms with Crippen molar-refractivity contribution in [2.45, 2.75) is 173 Å². The molecule has 0 aliphatic heterocycles. The highest BCUT2D eigenvalue weighted by Gasteiger charge is 2.41. The summed E-state index contributed by atoms with van der Waals surface area (Å²) in [4.78, 5) is 36.1. The number of aliphatic hydroxyl groups is 4. The number of rotatable bonds is 33. The molecular formula is C41H78N2O10P+. The van der Waals surface area contributed by atoms with Gasteiger partial charge in [0.15, 0.2) is 0 Å². The number of carbonyl (C=O) groups excluding carboxylic acids is 2. The molecule has 1 amide bonds. The summed E-state index contributed by atoms with van der Waals surface area (Å²) in [6.45, 7) is 4.34. The normalized spacial score (nSPS) is 22.1. The minimum Gasteiger partial charge on any atom is -0.393 e. The minimum absolute atomic E-state index is 0.00584. The lowest BCUT2D eigenvalue weighted by Gasteiger charge is -2.25. The lowest BCUT2D eigenvalue weighted by molar-refractivity contribution is -0.870. The van der Waals surface area contributed by atoms with Crippen molar-refractivity contribution in [3.8, 4) is 0 Å². The first kappa shape index (κ1) is 50.5. The predicted octanol–water partition coefficient (Wildman–Crippen LogP) is 6.52. The average molecular weight is 790 g/mol. The molecule has 0 aromatic carbocycles. The number of phosphoric ester groups is 1. The second kappa shape index (κ2) is 28.9. The summed E-state index contributed by atoms with van der Waals surface area (Å²) in [5.74, 6) is -1.32. The predicted molar refractivity (Wildman–Crippen MR) is 215 cm³/mol. The lowest BCUT2D eigenvalue weighted by Crippen LogP contribution is -2.45. The molecule has 13 heteroatoms. The first-order valence-electron chi connectivity index (χ1n) is 20.9. The molecule has 0 aromatic heterocycles. The van der Waals surface area contributed by atoms with Crippen molar-refractivity contribution in [3.05, 3.63) is 24.3 Å². The summed E-state index contributed by atoms with van der Waals surface area (Å²) in [6.07, 6.45) is 20.1. The van der Waals surface area contributed by atoms with E-state index in [1.54, 1.807) is 18.2 Å². The first-order chi connectivity index (χ1) is 25.6. The van der Waals surface area contributed by atoms with Gasteiger partial charge in [0.1, 0.15) is 18.9 Å². The summed E-state index contributed by atoms with van der Waals surface area (Å²) < 4.78 is 23.4.